The number of ether oxygens (including phenoxy) is 2. The van der Waals surface area contributed by atoms with Crippen LogP contribution in [0.25, 0.3) is 0 Å². The molecule has 0 aliphatic rings. The summed E-state index contributed by atoms with van der Waals surface area (Å²) in [6, 6.07) is 3.33. The first-order valence-corrected chi connectivity index (χ1v) is 8.29. The van der Waals surface area contributed by atoms with E-state index in [0.717, 1.165) is 4.88 Å². The molecule has 1 aromatic heterocycles. The van der Waals surface area contributed by atoms with Crippen LogP contribution in [0, 0.1) is 6.92 Å². The van der Waals surface area contributed by atoms with Gasteiger partial charge in [-0.25, -0.2) is 8.42 Å². The second kappa shape index (κ2) is 7.72. The number of methoxy groups -OCH3 is 2. The van der Waals surface area contributed by atoms with Gasteiger partial charge in [0.1, 0.15) is 4.21 Å². The Hall–Kier alpha value is -0.960. The number of sulfonamides is 1. The molecule has 1 rings (SSSR count). The SMILES string of the molecule is COCCN(CCC(=O)OC)S(=O)(=O)c1ccc(C)s1. The van der Waals surface area contributed by atoms with Crippen LogP contribution in [-0.2, 0) is 24.3 Å². The number of nitrogens with zero attached hydrogens (tertiary/aromatic N) is 1. The smallest absolute Gasteiger partial charge is 0.306 e. The van der Waals surface area contributed by atoms with Crippen LogP contribution < -0.4 is 0 Å². The third kappa shape index (κ3) is 4.55. The zero-order valence-corrected chi connectivity index (χ0v) is 13.4. The lowest BCUT2D eigenvalue weighted by molar-refractivity contribution is -0.140. The van der Waals surface area contributed by atoms with E-state index in [4.69, 9.17) is 4.74 Å². The fourth-order valence-corrected chi connectivity index (χ4v) is 4.40. The van der Waals surface area contributed by atoms with E-state index in [1.54, 1.807) is 12.1 Å². The highest BCUT2D eigenvalue weighted by Crippen LogP contribution is 2.24. The average Bonchev–Trinajstić information content (AvgIpc) is 2.85. The lowest BCUT2D eigenvalue weighted by Gasteiger charge is -2.20. The maximum Gasteiger partial charge on any atom is 0.306 e. The molecule has 0 aliphatic heterocycles. The Balaban J connectivity index is 2.88. The second-order valence-corrected chi connectivity index (χ2v) is 7.54. The molecular weight excluding hydrogens is 302 g/mol. The quantitative estimate of drug-likeness (QED) is 0.674. The molecule has 0 N–H and O–H groups in total. The minimum Gasteiger partial charge on any atom is -0.469 e. The molecule has 0 fully saturated rings. The summed E-state index contributed by atoms with van der Waals surface area (Å²) < 4.78 is 35.9. The van der Waals surface area contributed by atoms with Gasteiger partial charge in [0.25, 0.3) is 10.0 Å². The summed E-state index contributed by atoms with van der Waals surface area (Å²) in [6.45, 7) is 2.39. The monoisotopic (exact) mass is 321 g/mol. The predicted octanol–water partition coefficient (Wildman–Crippen LogP) is 1.26. The number of thiophene rings is 1. The Labute approximate surface area is 123 Å². The Bertz CT molecular complexity index is 538. The van der Waals surface area contributed by atoms with Crippen LogP contribution in [0.1, 0.15) is 11.3 Å². The molecule has 1 heterocycles. The molecule has 1 aromatic rings. The zero-order chi connectivity index (χ0) is 15.2. The topological polar surface area (TPSA) is 72.9 Å². The average molecular weight is 321 g/mol. The van der Waals surface area contributed by atoms with E-state index < -0.39 is 16.0 Å². The highest BCUT2D eigenvalue weighted by Gasteiger charge is 2.26. The molecule has 6 nitrogen and oxygen atoms in total. The van der Waals surface area contributed by atoms with E-state index in [2.05, 4.69) is 4.74 Å². The summed E-state index contributed by atoms with van der Waals surface area (Å²) in [5.41, 5.74) is 0. The molecule has 20 heavy (non-hydrogen) atoms. The van der Waals surface area contributed by atoms with Gasteiger partial charge in [-0.05, 0) is 19.1 Å². The lowest BCUT2D eigenvalue weighted by Crippen LogP contribution is -2.35. The van der Waals surface area contributed by atoms with E-state index in [1.165, 1.54) is 29.9 Å². The minimum atomic E-state index is -3.59. The van der Waals surface area contributed by atoms with Crippen LogP contribution in [0.2, 0.25) is 0 Å². The maximum atomic E-state index is 12.5. The van der Waals surface area contributed by atoms with Gasteiger partial charge >= 0.3 is 5.97 Å². The highest BCUT2D eigenvalue weighted by atomic mass is 32.2. The van der Waals surface area contributed by atoms with E-state index >= 15 is 0 Å². The Morgan fingerprint density at radius 3 is 2.50 bits per heavy atom. The number of hydrogen-bond acceptors (Lipinski definition) is 6. The van der Waals surface area contributed by atoms with Crippen LogP contribution in [0.3, 0.4) is 0 Å². The van der Waals surface area contributed by atoms with E-state index in [1.807, 2.05) is 6.92 Å². The summed E-state index contributed by atoms with van der Waals surface area (Å²) in [7, 11) is -0.815. The number of carbonyl (C=O) groups excluding carboxylic acids is 1. The van der Waals surface area contributed by atoms with Crippen LogP contribution in [0.15, 0.2) is 16.3 Å². The number of rotatable bonds is 8. The number of esters is 1. The van der Waals surface area contributed by atoms with Crippen molar-refractivity contribution in [2.75, 3.05) is 33.9 Å². The van der Waals surface area contributed by atoms with Crippen LogP contribution in [0.4, 0.5) is 0 Å². The molecule has 0 atom stereocenters. The number of hydrogen-bond donors (Lipinski definition) is 0. The van der Waals surface area contributed by atoms with Gasteiger partial charge in [-0.2, -0.15) is 4.31 Å². The molecule has 0 unspecified atom stereocenters. The minimum absolute atomic E-state index is 0.0177. The van der Waals surface area contributed by atoms with E-state index in [0.29, 0.717) is 0 Å². The predicted molar refractivity (Wildman–Crippen MR) is 76.3 cm³/mol. The van der Waals surface area contributed by atoms with Crippen LogP contribution in [-0.4, -0.2) is 52.6 Å². The summed E-state index contributed by atoms with van der Waals surface area (Å²) in [5, 5.41) is 0. The van der Waals surface area contributed by atoms with E-state index in [-0.39, 0.29) is 30.3 Å². The van der Waals surface area contributed by atoms with Crippen molar-refractivity contribution in [1.82, 2.24) is 4.31 Å². The van der Waals surface area contributed by atoms with Crippen molar-refractivity contribution in [3.63, 3.8) is 0 Å². The third-order valence-corrected chi connectivity index (χ3v) is 6.01. The first-order valence-electron chi connectivity index (χ1n) is 6.04. The number of carbonyl (C=O) groups is 1. The van der Waals surface area contributed by atoms with Gasteiger partial charge in [-0.15, -0.1) is 11.3 Å². The molecule has 0 radical (unpaired) electrons. The Morgan fingerprint density at radius 1 is 1.30 bits per heavy atom. The Morgan fingerprint density at radius 2 is 2.00 bits per heavy atom. The summed E-state index contributed by atoms with van der Waals surface area (Å²) >= 11 is 1.21. The zero-order valence-electron chi connectivity index (χ0n) is 11.8. The molecule has 0 amide bonds. The fourth-order valence-electron chi connectivity index (χ4n) is 1.54. The molecule has 0 aliphatic carbocycles. The lowest BCUT2D eigenvalue weighted by atomic mass is 10.4. The van der Waals surface area contributed by atoms with Crippen molar-refractivity contribution in [3.8, 4) is 0 Å². The van der Waals surface area contributed by atoms with Gasteiger partial charge in [0.15, 0.2) is 0 Å². The van der Waals surface area contributed by atoms with Gasteiger partial charge in [-0.1, -0.05) is 0 Å². The standard InChI is InChI=1S/C12H19NO5S2/c1-10-4-5-12(19-10)20(15,16)13(8-9-17-2)7-6-11(14)18-3/h4-5H,6-9H2,1-3H3. The molecular formula is C12H19NO5S2. The van der Waals surface area contributed by atoms with Gasteiger partial charge in [0.05, 0.1) is 20.1 Å². The van der Waals surface area contributed by atoms with Crippen molar-refractivity contribution >= 4 is 27.3 Å². The molecule has 0 saturated heterocycles. The van der Waals surface area contributed by atoms with E-state index in [9.17, 15) is 13.2 Å². The van der Waals surface area contributed by atoms with Crippen molar-refractivity contribution in [3.05, 3.63) is 17.0 Å². The number of aryl methyl sites for hydroxylation is 1. The first kappa shape index (κ1) is 17.1. The summed E-state index contributed by atoms with van der Waals surface area (Å²) in [4.78, 5) is 12.1. The van der Waals surface area contributed by atoms with Gasteiger partial charge < -0.3 is 9.47 Å². The Kier molecular flexibility index (Phi) is 6.60. The van der Waals surface area contributed by atoms with Crippen molar-refractivity contribution in [2.24, 2.45) is 0 Å². The van der Waals surface area contributed by atoms with Crippen LogP contribution >= 0.6 is 11.3 Å². The van der Waals surface area contributed by atoms with Gasteiger partial charge in [0.2, 0.25) is 0 Å². The normalized spacial score (nSPS) is 11.8. The third-order valence-electron chi connectivity index (χ3n) is 2.65. The largest absolute Gasteiger partial charge is 0.469 e. The van der Waals surface area contributed by atoms with Crippen molar-refractivity contribution in [2.45, 2.75) is 17.6 Å². The first-order chi connectivity index (χ1) is 9.41. The molecule has 8 heteroatoms. The van der Waals surface area contributed by atoms with Crippen molar-refractivity contribution < 1.29 is 22.7 Å². The molecule has 0 saturated carbocycles. The fraction of sp³-hybridized carbons (Fsp3) is 0.583. The molecule has 0 spiro atoms. The highest BCUT2D eigenvalue weighted by molar-refractivity contribution is 7.91. The van der Waals surface area contributed by atoms with Gasteiger partial charge in [0, 0.05) is 25.1 Å². The summed E-state index contributed by atoms with van der Waals surface area (Å²) in [5.74, 6) is -0.440. The molecule has 0 aromatic carbocycles. The molecule has 114 valence electrons. The molecule has 0 bridgehead atoms. The van der Waals surface area contributed by atoms with Crippen molar-refractivity contribution in [1.29, 1.82) is 0 Å². The van der Waals surface area contributed by atoms with Gasteiger partial charge in [-0.3, -0.25) is 4.79 Å². The maximum absolute atomic E-state index is 12.5. The van der Waals surface area contributed by atoms with Crippen LogP contribution in [0.5, 0.6) is 0 Å². The second-order valence-electron chi connectivity index (χ2n) is 4.09. The summed E-state index contributed by atoms with van der Waals surface area (Å²) in [6.07, 6.45) is 0.0177.